The number of rotatable bonds is 5. The Labute approximate surface area is 109 Å². The third-order valence-electron chi connectivity index (χ3n) is 2.39. The fourth-order valence-electron chi connectivity index (χ4n) is 1.40. The molecule has 0 saturated carbocycles. The summed E-state index contributed by atoms with van der Waals surface area (Å²) in [4.78, 5) is -0.400. The summed E-state index contributed by atoms with van der Waals surface area (Å²) >= 11 is 5.39. The topological polar surface area (TPSA) is 101 Å². The van der Waals surface area contributed by atoms with E-state index < -0.39 is 32.9 Å². The summed E-state index contributed by atoms with van der Waals surface area (Å²) in [7, 11) is -4.00. The first-order chi connectivity index (χ1) is 8.27. The molecule has 0 spiro atoms. The van der Waals surface area contributed by atoms with Gasteiger partial charge < -0.3 is 10.2 Å². The molecular formula is C10H13ClFNO4S. The Morgan fingerprint density at radius 1 is 1.39 bits per heavy atom. The number of nitrogens with two attached hydrogens (primary N) is 1. The van der Waals surface area contributed by atoms with E-state index >= 15 is 0 Å². The number of alkyl halides is 1. The monoisotopic (exact) mass is 297 g/mol. The summed E-state index contributed by atoms with van der Waals surface area (Å²) in [6, 6.07) is 2.82. The van der Waals surface area contributed by atoms with Crippen molar-refractivity contribution in [1.82, 2.24) is 0 Å². The number of hydrogen-bond donors (Lipinski definition) is 3. The van der Waals surface area contributed by atoms with E-state index in [1.54, 1.807) is 0 Å². The van der Waals surface area contributed by atoms with Gasteiger partial charge in [-0.3, -0.25) is 0 Å². The van der Waals surface area contributed by atoms with Crippen molar-refractivity contribution in [2.24, 2.45) is 5.14 Å². The van der Waals surface area contributed by atoms with Crippen molar-refractivity contribution in [3.05, 3.63) is 29.6 Å². The fourth-order valence-corrected chi connectivity index (χ4v) is 2.15. The van der Waals surface area contributed by atoms with Crippen LogP contribution < -0.4 is 5.14 Å². The highest BCUT2D eigenvalue weighted by molar-refractivity contribution is 7.89. The largest absolute Gasteiger partial charge is 0.390 e. The number of primary sulfonamides is 1. The Morgan fingerprint density at radius 3 is 2.44 bits per heavy atom. The van der Waals surface area contributed by atoms with E-state index in [1.165, 1.54) is 0 Å². The molecule has 1 aromatic carbocycles. The Morgan fingerprint density at radius 2 is 2.00 bits per heavy atom. The summed E-state index contributed by atoms with van der Waals surface area (Å²) in [6.45, 7) is 0. The van der Waals surface area contributed by atoms with E-state index in [0.717, 1.165) is 12.1 Å². The van der Waals surface area contributed by atoms with Gasteiger partial charge in [0.15, 0.2) is 0 Å². The first kappa shape index (κ1) is 15.3. The molecule has 0 radical (unpaired) electrons. The lowest BCUT2D eigenvalue weighted by molar-refractivity contribution is 0.0149. The summed E-state index contributed by atoms with van der Waals surface area (Å²) in [6.07, 6.45) is -2.62. The van der Waals surface area contributed by atoms with Crippen LogP contribution in [0.5, 0.6) is 0 Å². The van der Waals surface area contributed by atoms with Gasteiger partial charge in [-0.05, 0) is 18.6 Å². The zero-order valence-electron chi connectivity index (χ0n) is 9.25. The average molecular weight is 298 g/mol. The van der Waals surface area contributed by atoms with E-state index in [-0.39, 0.29) is 17.9 Å². The average Bonchev–Trinajstić information content (AvgIpc) is 2.27. The quantitative estimate of drug-likeness (QED) is 0.689. The summed E-state index contributed by atoms with van der Waals surface area (Å²) < 4.78 is 35.6. The minimum Gasteiger partial charge on any atom is -0.390 e. The van der Waals surface area contributed by atoms with Crippen LogP contribution in [0.3, 0.4) is 0 Å². The zero-order valence-corrected chi connectivity index (χ0v) is 10.8. The maximum absolute atomic E-state index is 13.6. The molecule has 18 heavy (non-hydrogen) atoms. The molecule has 8 heteroatoms. The van der Waals surface area contributed by atoms with Crippen molar-refractivity contribution in [3.63, 3.8) is 0 Å². The SMILES string of the molecule is NS(=O)(=O)c1ccc(C(O)C(O)CCCl)c(F)c1. The molecule has 0 aliphatic carbocycles. The van der Waals surface area contributed by atoms with Gasteiger partial charge in [0, 0.05) is 11.4 Å². The van der Waals surface area contributed by atoms with Crippen molar-refractivity contribution in [2.45, 2.75) is 23.5 Å². The lowest BCUT2D eigenvalue weighted by atomic mass is 10.0. The number of sulfonamides is 1. The molecule has 1 aromatic rings. The van der Waals surface area contributed by atoms with Gasteiger partial charge in [0.2, 0.25) is 10.0 Å². The van der Waals surface area contributed by atoms with Gasteiger partial charge in [0.05, 0.1) is 11.0 Å². The predicted octanol–water partition coefficient (Wildman–Crippen LogP) is 0.496. The lowest BCUT2D eigenvalue weighted by Gasteiger charge is -2.18. The van der Waals surface area contributed by atoms with Gasteiger partial charge in [0.25, 0.3) is 0 Å². The third kappa shape index (κ3) is 3.63. The van der Waals surface area contributed by atoms with Crippen LogP contribution in [0, 0.1) is 5.82 Å². The molecule has 0 fully saturated rings. The van der Waals surface area contributed by atoms with Crippen LogP contribution in [-0.4, -0.2) is 30.6 Å². The van der Waals surface area contributed by atoms with Crippen LogP contribution in [0.1, 0.15) is 18.1 Å². The molecule has 0 aliphatic heterocycles. The molecule has 0 saturated heterocycles. The van der Waals surface area contributed by atoms with Gasteiger partial charge >= 0.3 is 0 Å². The normalized spacial score (nSPS) is 15.4. The van der Waals surface area contributed by atoms with E-state index in [9.17, 15) is 23.0 Å². The smallest absolute Gasteiger partial charge is 0.238 e. The Balaban J connectivity index is 3.06. The predicted molar refractivity (Wildman–Crippen MR) is 64.1 cm³/mol. The molecule has 0 bridgehead atoms. The maximum Gasteiger partial charge on any atom is 0.238 e. The highest BCUT2D eigenvalue weighted by Gasteiger charge is 2.22. The van der Waals surface area contributed by atoms with Gasteiger partial charge in [-0.15, -0.1) is 11.6 Å². The van der Waals surface area contributed by atoms with Gasteiger partial charge in [-0.1, -0.05) is 6.07 Å². The van der Waals surface area contributed by atoms with E-state index in [2.05, 4.69) is 0 Å². The maximum atomic E-state index is 13.6. The molecule has 0 heterocycles. The molecular weight excluding hydrogens is 285 g/mol. The van der Waals surface area contributed by atoms with Crippen molar-refractivity contribution in [1.29, 1.82) is 0 Å². The molecule has 0 aromatic heterocycles. The molecule has 2 atom stereocenters. The van der Waals surface area contributed by atoms with Crippen LogP contribution in [0.4, 0.5) is 4.39 Å². The minimum atomic E-state index is -4.00. The highest BCUT2D eigenvalue weighted by atomic mass is 35.5. The minimum absolute atomic E-state index is 0.0824. The number of aliphatic hydroxyl groups excluding tert-OH is 2. The summed E-state index contributed by atoms with van der Waals surface area (Å²) in [5, 5.41) is 24.0. The zero-order chi connectivity index (χ0) is 13.9. The van der Waals surface area contributed by atoms with Crippen molar-refractivity contribution in [2.75, 3.05) is 5.88 Å². The fraction of sp³-hybridized carbons (Fsp3) is 0.400. The lowest BCUT2D eigenvalue weighted by Crippen LogP contribution is -2.20. The Kier molecular flexibility index (Phi) is 5.06. The van der Waals surface area contributed by atoms with Crippen molar-refractivity contribution >= 4 is 21.6 Å². The van der Waals surface area contributed by atoms with Crippen LogP contribution in [0.15, 0.2) is 23.1 Å². The first-order valence-electron chi connectivity index (χ1n) is 5.01. The number of halogens is 2. The van der Waals surface area contributed by atoms with Crippen LogP contribution in [0.25, 0.3) is 0 Å². The third-order valence-corrected chi connectivity index (χ3v) is 3.52. The molecule has 0 aliphatic rings. The number of hydrogen-bond acceptors (Lipinski definition) is 4. The molecule has 1 rings (SSSR count). The Hall–Kier alpha value is -0.730. The summed E-state index contributed by atoms with van der Waals surface area (Å²) in [5.41, 5.74) is -0.208. The van der Waals surface area contributed by atoms with E-state index in [1.807, 2.05) is 0 Å². The van der Waals surface area contributed by atoms with Crippen LogP contribution in [0.2, 0.25) is 0 Å². The number of aliphatic hydroxyl groups is 2. The molecule has 4 N–H and O–H groups in total. The highest BCUT2D eigenvalue weighted by Crippen LogP contribution is 2.24. The molecule has 0 amide bonds. The van der Waals surface area contributed by atoms with Crippen molar-refractivity contribution in [3.8, 4) is 0 Å². The first-order valence-corrected chi connectivity index (χ1v) is 7.09. The summed E-state index contributed by atoms with van der Waals surface area (Å²) in [5.74, 6) is -0.850. The van der Waals surface area contributed by atoms with Crippen molar-refractivity contribution < 1.29 is 23.0 Å². The van der Waals surface area contributed by atoms with E-state index in [4.69, 9.17) is 16.7 Å². The van der Waals surface area contributed by atoms with Gasteiger partial charge in [-0.2, -0.15) is 0 Å². The standard InChI is InChI=1S/C10H13ClFNO4S/c11-4-3-9(14)10(15)7-2-1-6(5-8(7)12)18(13,16)17/h1-2,5,9-10,14-15H,3-4H2,(H2,13,16,17). The molecule has 5 nitrogen and oxygen atoms in total. The van der Waals surface area contributed by atoms with E-state index in [0.29, 0.717) is 6.07 Å². The molecule has 2 unspecified atom stereocenters. The second-order valence-electron chi connectivity index (χ2n) is 3.72. The second-order valence-corrected chi connectivity index (χ2v) is 5.66. The van der Waals surface area contributed by atoms with Gasteiger partial charge in [-0.25, -0.2) is 17.9 Å². The Bertz CT molecular complexity index is 523. The molecule has 102 valence electrons. The van der Waals surface area contributed by atoms with Crippen LogP contribution in [-0.2, 0) is 10.0 Å². The van der Waals surface area contributed by atoms with Crippen LogP contribution >= 0.6 is 11.6 Å². The second kappa shape index (κ2) is 5.94. The van der Waals surface area contributed by atoms with Gasteiger partial charge in [0.1, 0.15) is 11.9 Å². The number of benzene rings is 1.